The first-order chi connectivity index (χ1) is 57.7. The van der Waals surface area contributed by atoms with Crippen molar-refractivity contribution in [1.29, 1.82) is 0 Å². The van der Waals surface area contributed by atoms with Crippen LogP contribution in [0.3, 0.4) is 0 Å². The molecule has 0 bridgehead atoms. The number of esters is 6. The third-order valence-electron chi connectivity index (χ3n) is 18.9. The molecule has 122 heavy (non-hydrogen) atoms. The molecule has 0 radical (unpaired) electrons. The molecule has 674 valence electrons. The summed E-state index contributed by atoms with van der Waals surface area (Å²) in [6.45, 7) is 32.6. The van der Waals surface area contributed by atoms with Gasteiger partial charge < -0.3 is 69.7 Å². The van der Waals surface area contributed by atoms with E-state index in [9.17, 15) is 73.8 Å². The van der Waals surface area contributed by atoms with E-state index in [0.717, 1.165) is 50.9 Å². The lowest BCUT2D eigenvalue weighted by atomic mass is 9.95. The van der Waals surface area contributed by atoms with E-state index in [0.29, 0.717) is 128 Å². The van der Waals surface area contributed by atoms with E-state index in [1.54, 1.807) is 61.9 Å². The lowest BCUT2D eigenvalue weighted by Gasteiger charge is -2.22. The SMILES string of the molecule is C=C(C)C/C(C)=C\C(=O)N/C=C/C(C)=C/C(C)C1C/C(C)=C/C=C/CCC(OC(C)=O)C(O)/C=C/C(O)CCC/C=C/C(=O)O1.CC(=O)OC1CC/C=C/C=C(\C)CC(C(C)/C=C(C)/C=C/NC(=O)C=C(C)C)OC(=O)/C=C/CCCC(O)/C=C/C1O.CC(=O)OC1CC/C=C/C=C(\C)CC(C(C)/C=C(\C)C=O)OC(=O)/C=C/CCCC(O)/C=C/C1O. The van der Waals surface area contributed by atoms with Crippen molar-refractivity contribution in [1.82, 2.24) is 10.6 Å². The predicted molar refractivity (Wildman–Crippen MR) is 481 cm³/mol. The summed E-state index contributed by atoms with van der Waals surface area (Å²) >= 11 is 0. The highest BCUT2D eigenvalue weighted by Gasteiger charge is 2.26. The van der Waals surface area contributed by atoms with Gasteiger partial charge in [-0.25, -0.2) is 14.4 Å². The maximum Gasteiger partial charge on any atom is 0.330 e. The molecule has 0 aromatic carbocycles. The van der Waals surface area contributed by atoms with Crippen LogP contribution in [-0.2, 0) is 71.6 Å². The first-order valence-electron chi connectivity index (χ1n) is 42.4. The van der Waals surface area contributed by atoms with Crippen molar-refractivity contribution in [2.24, 2.45) is 17.8 Å². The molecule has 3 aliphatic heterocycles. The van der Waals surface area contributed by atoms with Gasteiger partial charge in [0.25, 0.3) is 0 Å². The summed E-state index contributed by atoms with van der Waals surface area (Å²) in [5.41, 5.74) is 8.24. The smallest absolute Gasteiger partial charge is 0.330 e. The van der Waals surface area contributed by atoms with Crippen molar-refractivity contribution < 1.29 is 102 Å². The van der Waals surface area contributed by atoms with E-state index in [1.165, 1.54) is 81.5 Å². The molecule has 8 N–H and O–H groups in total. The van der Waals surface area contributed by atoms with Gasteiger partial charge in [-0.1, -0.05) is 200 Å². The fraction of sp³-hybridized carbons (Fsp3) is 0.505. The third-order valence-corrected chi connectivity index (χ3v) is 18.9. The number of nitrogens with one attached hydrogen (secondary N) is 2. The normalized spacial score (nSPS) is 28.6. The van der Waals surface area contributed by atoms with Gasteiger partial charge in [0.05, 0.1) is 18.3 Å². The summed E-state index contributed by atoms with van der Waals surface area (Å²) in [6.07, 6.45) is 53.2. The van der Waals surface area contributed by atoms with E-state index in [1.807, 2.05) is 150 Å². The first kappa shape index (κ1) is 110. The second kappa shape index (κ2) is 64.8. The number of ether oxygens (including phenoxy) is 6. The summed E-state index contributed by atoms with van der Waals surface area (Å²) < 4.78 is 33.3. The van der Waals surface area contributed by atoms with E-state index < -0.39 is 109 Å². The Morgan fingerprint density at radius 3 is 1.03 bits per heavy atom. The first-order valence-corrected chi connectivity index (χ1v) is 42.4. The van der Waals surface area contributed by atoms with E-state index >= 15 is 0 Å². The number of hydrogen-bond acceptors (Lipinski definition) is 21. The van der Waals surface area contributed by atoms with Gasteiger partial charge in [-0.2, -0.15) is 0 Å². The van der Waals surface area contributed by atoms with Crippen LogP contribution in [0.1, 0.15) is 233 Å². The van der Waals surface area contributed by atoms with Crippen molar-refractivity contribution in [2.75, 3.05) is 0 Å². The van der Waals surface area contributed by atoms with Crippen LogP contribution in [0.5, 0.6) is 0 Å². The second-order valence-electron chi connectivity index (χ2n) is 31.8. The van der Waals surface area contributed by atoms with Crippen molar-refractivity contribution in [3.63, 3.8) is 0 Å². The topological polar surface area (TPSA) is 354 Å². The number of aldehydes is 1. The summed E-state index contributed by atoms with van der Waals surface area (Å²) in [4.78, 5) is 107. The maximum atomic E-state index is 12.7. The Morgan fingerprint density at radius 1 is 0.443 bits per heavy atom. The van der Waals surface area contributed by atoms with Crippen LogP contribution >= 0.6 is 0 Å². The van der Waals surface area contributed by atoms with Crippen molar-refractivity contribution in [3.05, 3.63) is 239 Å². The highest BCUT2D eigenvalue weighted by molar-refractivity contribution is 5.89. The van der Waals surface area contributed by atoms with E-state index in [2.05, 4.69) is 17.2 Å². The van der Waals surface area contributed by atoms with E-state index in [-0.39, 0.29) is 29.6 Å². The number of aliphatic hydroxyl groups excluding tert-OH is 6. The Hall–Kier alpha value is -10.0. The van der Waals surface area contributed by atoms with Crippen molar-refractivity contribution in [2.45, 2.75) is 306 Å². The Labute approximate surface area is 726 Å². The molecule has 0 aromatic rings. The minimum absolute atomic E-state index is 0.112. The molecule has 23 nitrogen and oxygen atoms in total. The monoisotopic (exact) mass is 1700 g/mol. The number of carbonyl (C=O) groups is 9. The fourth-order valence-corrected chi connectivity index (χ4v) is 12.6. The van der Waals surface area contributed by atoms with Gasteiger partial charge in [0, 0.05) is 101 Å². The number of allylic oxidation sites excluding steroid dienone is 20. The Morgan fingerprint density at radius 2 is 0.746 bits per heavy atom. The number of hydrogen-bond donors (Lipinski definition) is 8. The van der Waals surface area contributed by atoms with Gasteiger partial charge in [-0.05, 0) is 190 Å². The van der Waals surface area contributed by atoms with Crippen molar-refractivity contribution >= 4 is 53.9 Å². The molecule has 0 aliphatic carbocycles. The fourth-order valence-electron chi connectivity index (χ4n) is 12.6. The van der Waals surface area contributed by atoms with Gasteiger partial charge in [0.1, 0.15) is 61.2 Å². The Kier molecular flexibility index (Phi) is 58.4. The zero-order valence-corrected chi connectivity index (χ0v) is 75.0. The summed E-state index contributed by atoms with van der Waals surface area (Å²) in [7, 11) is 0. The number of amides is 2. The summed E-state index contributed by atoms with van der Waals surface area (Å²) in [5, 5.41) is 67.6. The zero-order chi connectivity index (χ0) is 91.5. The Bertz CT molecular complexity index is 3910. The molecule has 23 heteroatoms. The molecule has 0 saturated heterocycles. The molecule has 0 saturated carbocycles. The highest BCUT2D eigenvalue weighted by Crippen LogP contribution is 2.26. The molecule has 0 aromatic heterocycles. The number of carbonyl (C=O) groups excluding carboxylic acids is 9. The lowest BCUT2D eigenvalue weighted by Crippen LogP contribution is -2.29. The van der Waals surface area contributed by atoms with Crippen LogP contribution in [0.2, 0.25) is 0 Å². The summed E-state index contributed by atoms with van der Waals surface area (Å²) in [5.74, 6) is -3.54. The molecule has 0 spiro atoms. The van der Waals surface area contributed by atoms with Gasteiger partial charge in [-0.3, -0.25) is 28.8 Å². The molecule has 0 fully saturated rings. The van der Waals surface area contributed by atoms with Crippen LogP contribution in [0.15, 0.2) is 239 Å². The van der Waals surface area contributed by atoms with Gasteiger partial charge in [-0.15, -0.1) is 0 Å². The van der Waals surface area contributed by atoms with Crippen LogP contribution < -0.4 is 10.6 Å². The number of cyclic esters (lactones) is 3. The molecule has 15 atom stereocenters. The molecule has 3 aliphatic rings. The minimum Gasteiger partial charge on any atom is -0.459 e. The number of rotatable bonds is 18. The quantitative estimate of drug-likeness (QED) is 0.0158. The standard InChI is InChI=1S/C37H53NO7.C34H49NO7.C28H40O7/c1-26(2)22-29(5)25-36(42)38-21-20-28(4)23-30(6)35-24-27(3)14-10-8-12-16-34(44-31(7)39)33(41)19-18-32(40)15-11-9-13-17-37(43)45-35;1-24(2)21-33(39)35-20-19-26(4)22-27(5)32-23-25(3)13-9-7-11-15-31(41-28(6)36)30(38)18-17-29(37)14-10-8-12-16-34(40)42-32;1-20-11-7-5-9-13-26(34-23(4)30)25(32)16-15-24(31)12-8-6-10-14-28(33)35-27(18-20)22(3)17-21(2)19-29/h8,10,13-14,17-21,23,25,30,32-35,40-41H,1,9,11-12,15-16,22,24H2,2-7H3,(H,38,42);7,9,12-13,16-22,27,29-32,37-38H,8,10-11,14-15,23H2,1-6H3,(H,35,39);5,7,10-11,14-17,19,22,24-27,31-32H,6,8-9,12-13,18H2,1-4H3/b10-8+,17-13+,19-18+,21-20+,27-14+,28-23+,29-25-;9-7+,16-12+,18-17+,20-19+,25-13+,26-22+;7-5+,14-10+,16-15+,20-11+,21-17+. The van der Waals surface area contributed by atoms with Crippen molar-refractivity contribution in [3.8, 4) is 0 Å². The Balaban J connectivity index is 0.000000922. The van der Waals surface area contributed by atoms with Crippen LogP contribution in [0, 0.1) is 17.8 Å². The lowest BCUT2D eigenvalue weighted by molar-refractivity contribution is -0.151. The largest absolute Gasteiger partial charge is 0.459 e. The van der Waals surface area contributed by atoms with Gasteiger partial charge in [0.2, 0.25) is 11.8 Å². The number of aliphatic hydroxyl groups is 6. The molecule has 3 heterocycles. The third kappa shape index (κ3) is 57.3. The minimum atomic E-state index is -1.04. The molecular weight excluding hydrogens is 1550 g/mol. The second-order valence-corrected chi connectivity index (χ2v) is 31.8. The predicted octanol–water partition coefficient (Wildman–Crippen LogP) is 16.6. The van der Waals surface area contributed by atoms with Crippen LogP contribution in [-0.4, -0.2) is 158 Å². The zero-order valence-electron chi connectivity index (χ0n) is 75.0. The van der Waals surface area contributed by atoms with Crippen LogP contribution in [0.4, 0.5) is 0 Å². The average Bonchev–Trinajstić information content (AvgIpc) is 0.899. The van der Waals surface area contributed by atoms with E-state index in [4.69, 9.17) is 28.4 Å². The maximum absolute atomic E-state index is 12.7. The molecule has 15 unspecified atom stereocenters. The van der Waals surface area contributed by atoms with Gasteiger partial charge in [0.15, 0.2) is 0 Å². The molecule has 3 rings (SSSR count). The molecule has 2 amide bonds. The highest BCUT2D eigenvalue weighted by atomic mass is 16.6. The summed E-state index contributed by atoms with van der Waals surface area (Å²) in [6, 6.07) is 0. The van der Waals surface area contributed by atoms with Crippen LogP contribution in [0.25, 0.3) is 0 Å². The molecular formula is C99H142N2O21. The van der Waals surface area contributed by atoms with Gasteiger partial charge >= 0.3 is 35.8 Å². The average molecular weight is 1700 g/mol.